The molecule has 0 fully saturated rings. The predicted molar refractivity (Wildman–Crippen MR) is 139 cm³/mol. The third-order valence-electron chi connectivity index (χ3n) is 5.49. The highest BCUT2D eigenvalue weighted by atomic mass is 79.9. The number of rotatable bonds is 7. The summed E-state index contributed by atoms with van der Waals surface area (Å²) in [6, 6.07) is 31.3. The monoisotopic (exact) mass is 510 g/mol. The van der Waals surface area contributed by atoms with Gasteiger partial charge in [0.1, 0.15) is 24.0 Å². The van der Waals surface area contributed by atoms with Gasteiger partial charge in [0.15, 0.2) is 0 Å². The fraction of sp³-hybridized carbons (Fsp3) is 0.103. The van der Waals surface area contributed by atoms with Crippen LogP contribution in [0.15, 0.2) is 101 Å². The molecule has 0 saturated carbocycles. The highest BCUT2D eigenvalue weighted by Crippen LogP contribution is 2.27. The Balaban J connectivity index is 1.53. The number of fused-ring (bicyclic) bond motifs is 1. The third-order valence-corrected chi connectivity index (χ3v) is 5.99. The maximum absolute atomic E-state index is 12.8. The van der Waals surface area contributed by atoms with Crippen molar-refractivity contribution in [2.24, 2.45) is 0 Å². The molecule has 0 aliphatic carbocycles. The lowest BCUT2D eigenvalue weighted by molar-refractivity contribution is -0.117. The molecule has 4 aromatic carbocycles. The summed E-state index contributed by atoms with van der Waals surface area (Å²) in [5.74, 6) is 0.160. The van der Waals surface area contributed by atoms with Gasteiger partial charge in [-0.3, -0.25) is 4.79 Å². The van der Waals surface area contributed by atoms with E-state index in [2.05, 4.69) is 45.5 Å². The molecule has 168 valence electrons. The van der Waals surface area contributed by atoms with Gasteiger partial charge in [-0.1, -0.05) is 82.7 Å². The summed E-state index contributed by atoms with van der Waals surface area (Å²) in [4.78, 5) is 12.8. The number of carbonyl (C=O) groups is 1. The normalized spacial score (nSPS) is 12.1. The fourth-order valence-corrected chi connectivity index (χ4v) is 4.04. The van der Waals surface area contributed by atoms with Crippen LogP contribution in [0.1, 0.15) is 29.7 Å². The molecule has 1 amide bonds. The average molecular weight is 511 g/mol. The lowest BCUT2D eigenvalue weighted by Crippen LogP contribution is -2.27. The van der Waals surface area contributed by atoms with Gasteiger partial charge in [-0.15, -0.1) is 0 Å². The molecule has 0 aliphatic rings. The van der Waals surface area contributed by atoms with Crippen LogP contribution in [0, 0.1) is 11.3 Å². The van der Waals surface area contributed by atoms with Gasteiger partial charge in [-0.2, -0.15) is 5.26 Å². The summed E-state index contributed by atoms with van der Waals surface area (Å²) in [5.41, 5.74) is 2.66. The lowest BCUT2D eigenvalue weighted by atomic mass is 10.1. The van der Waals surface area contributed by atoms with Gasteiger partial charge in [0.2, 0.25) is 0 Å². The molecule has 0 aromatic heterocycles. The fourth-order valence-electron chi connectivity index (χ4n) is 3.66. The number of benzene rings is 4. The molecule has 4 aromatic rings. The number of nitrogens with one attached hydrogen (secondary N) is 1. The molecule has 0 radical (unpaired) electrons. The maximum Gasteiger partial charge on any atom is 0.262 e. The first kappa shape index (κ1) is 23.3. The second-order valence-corrected chi connectivity index (χ2v) is 8.84. The zero-order valence-electron chi connectivity index (χ0n) is 18.7. The summed E-state index contributed by atoms with van der Waals surface area (Å²) < 4.78 is 6.92. The Labute approximate surface area is 207 Å². The van der Waals surface area contributed by atoms with Gasteiger partial charge in [-0.25, -0.2) is 0 Å². The Morgan fingerprint density at radius 3 is 2.50 bits per heavy atom. The Morgan fingerprint density at radius 1 is 1.00 bits per heavy atom. The summed E-state index contributed by atoms with van der Waals surface area (Å²) in [6.45, 7) is 2.26. The van der Waals surface area contributed by atoms with Gasteiger partial charge in [-0.05, 0) is 59.2 Å². The molecule has 1 atom stereocenters. The Kier molecular flexibility index (Phi) is 7.41. The highest BCUT2D eigenvalue weighted by Gasteiger charge is 2.15. The van der Waals surface area contributed by atoms with E-state index in [1.165, 1.54) is 5.39 Å². The van der Waals surface area contributed by atoms with Gasteiger partial charge < -0.3 is 10.1 Å². The first-order valence-electron chi connectivity index (χ1n) is 10.9. The van der Waals surface area contributed by atoms with Crippen LogP contribution in [0.2, 0.25) is 0 Å². The molecule has 0 aliphatic heterocycles. The van der Waals surface area contributed by atoms with Crippen molar-refractivity contribution in [1.82, 2.24) is 5.32 Å². The second-order valence-electron chi connectivity index (χ2n) is 7.93. The summed E-state index contributed by atoms with van der Waals surface area (Å²) in [5, 5.41) is 14.9. The van der Waals surface area contributed by atoms with Crippen LogP contribution >= 0.6 is 15.9 Å². The summed E-state index contributed by atoms with van der Waals surface area (Å²) in [7, 11) is 0. The number of ether oxygens (including phenoxy) is 1. The first-order chi connectivity index (χ1) is 16.5. The molecule has 0 bridgehead atoms. The molecule has 0 heterocycles. The lowest BCUT2D eigenvalue weighted by Gasteiger charge is -2.14. The Bertz CT molecular complexity index is 1390. The van der Waals surface area contributed by atoms with Crippen molar-refractivity contribution in [2.45, 2.75) is 19.6 Å². The number of nitriles is 1. The second kappa shape index (κ2) is 10.8. The summed E-state index contributed by atoms with van der Waals surface area (Å²) in [6.07, 6.45) is 1.56. The van der Waals surface area contributed by atoms with E-state index in [9.17, 15) is 10.1 Å². The van der Waals surface area contributed by atoms with Crippen LogP contribution in [-0.2, 0) is 11.4 Å². The quantitative estimate of drug-likeness (QED) is 0.215. The molecule has 0 saturated heterocycles. The molecule has 0 unspecified atom stereocenters. The van der Waals surface area contributed by atoms with Gasteiger partial charge in [0, 0.05) is 10.0 Å². The molecule has 4 nitrogen and oxygen atoms in total. The number of hydrogen-bond donors (Lipinski definition) is 1. The smallest absolute Gasteiger partial charge is 0.262 e. The van der Waals surface area contributed by atoms with Crippen molar-refractivity contribution in [3.05, 3.63) is 118 Å². The average Bonchev–Trinajstić information content (AvgIpc) is 2.87. The molecular formula is C29H23BrN2O2. The van der Waals surface area contributed by atoms with Crippen molar-refractivity contribution < 1.29 is 9.53 Å². The predicted octanol–water partition coefficient (Wildman–Crippen LogP) is 6.97. The molecular weight excluding hydrogens is 488 g/mol. The van der Waals surface area contributed by atoms with Crippen LogP contribution in [-0.4, -0.2) is 5.91 Å². The minimum Gasteiger partial charge on any atom is -0.488 e. The van der Waals surface area contributed by atoms with Crippen molar-refractivity contribution in [3.8, 4) is 11.8 Å². The van der Waals surface area contributed by atoms with Gasteiger partial charge in [0.05, 0.1) is 6.04 Å². The molecule has 4 rings (SSSR count). The maximum atomic E-state index is 12.8. The molecule has 0 spiro atoms. The van der Waals surface area contributed by atoms with E-state index in [0.29, 0.717) is 17.9 Å². The first-order valence-corrected chi connectivity index (χ1v) is 11.7. The van der Waals surface area contributed by atoms with Gasteiger partial charge in [0.25, 0.3) is 5.91 Å². The standard InChI is InChI=1S/C29H23BrN2O2/c1-20(22-7-3-2-4-8-22)32-29(33)26(18-31)16-25-17-27(30)13-14-28(25)34-19-21-11-12-23-9-5-6-10-24(23)15-21/h2-17,20H,19H2,1H3,(H,32,33)/b26-16-/t20-/m1/s1. The summed E-state index contributed by atoms with van der Waals surface area (Å²) >= 11 is 3.47. The van der Waals surface area contributed by atoms with E-state index in [4.69, 9.17) is 4.74 Å². The van der Waals surface area contributed by atoms with E-state index in [1.807, 2.05) is 79.7 Å². The van der Waals surface area contributed by atoms with Crippen molar-refractivity contribution in [1.29, 1.82) is 5.26 Å². The largest absolute Gasteiger partial charge is 0.488 e. The Hall–Kier alpha value is -3.88. The number of amides is 1. The van der Waals surface area contributed by atoms with E-state index in [0.717, 1.165) is 21.0 Å². The zero-order valence-corrected chi connectivity index (χ0v) is 20.2. The van der Waals surface area contributed by atoms with Gasteiger partial charge >= 0.3 is 0 Å². The van der Waals surface area contributed by atoms with E-state index in [1.54, 1.807) is 6.08 Å². The van der Waals surface area contributed by atoms with E-state index < -0.39 is 5.91 Å². The number of carbonyl (C=O) groups excluding carboxylic acids is 1. The van der Waals surface area contributed by atoms with E-state index >= 15 is 0 Å². The van der Waals surface area contributed by atoms with Crippen molar-refractivity contribution in [2.75, 3.05) is 0 Å². The zero-order chi connectivity index (χ0) is 23.9. The van der Waals surface area contributed by atoms with Crippen molar-refractivity contribution in [3.63, 3.8) is 0 Å². The van der Waals surface area contributed by atoms with Crippen LogP contribution in [0.25, 0.3) is 16.8 Å². The van der Waals surface area contributed by atoms with Crippen LogP contribution in [0.5, 0.6) is 5.75 Å². The Morgan fingerprint density at radius 2 is 1.74 bits per heavy atom. The minimum atomic E-state index is -0.431. The highest BCUT2D eigenvalue weighted by molar-refractivity contribution is 9.10. The SMILES string of the molecule is C[C@@H](NC(=O)/C(C#N)=C\c1cc(Br)ccc1OCc1ccc2ccccc2c1)c1ccccc1. The number of hydrogen-bond acceptors (Lipinski definition) is 3. The number of halogens is 1. The molecule has 1 N–H and O–H groups in total. The topological polar surface area (TPSA) is 62.1 Å². The van der Waals surface area contributed by atoms with Crippen molar-refractivity contribution >= 4 is 38.7 Å². The molecule has 34 heavy (non-hydrogen) atoms. The van der Waals surface area contributed by atoms with Crippen LogP contribution in [0.3, 0.4) is 0 Å². The minimum absolute atomic E-state index is 0.0106. The van der Waals surface area contributed by atoms with Crippen LogP contribution < -0.4 is 10.1 Å². The number of nitrogens with zero attached hydrogens (tertiary/aromatic N) is 1. The van der Waals surface area contributed by atoms with E-state index in [-0.39, 0.29) is 11.6 Å². The van der Waals surface area contributed by atoms with Crippen LogP contribution in [0.4, 0.5) is 0 Å². The molecule has 5 heteroatoms. The third kappa shape index (κ3) is 5.72.